The van der Waals surface area contributed by atoms with E-state index in [4.69, 9.17) is 0 Å². The van der Waals surface area contributed by atoms with Gasteiger partial charge in [-0.05, 0) is 44.0 Å². The van der Waals surface area contributed by atoms with Gasteiger partial charge in [-0.15, -0.1) is 0 Å². The average molecular weight is 246 g/mol. The van der Waals surface area contributed by atoms with Crippen molar-refractivity contribution >= 4 is 0 Å². The van der Waals surface area contributed by atoms with Crippen molar-refractivity contribution in [2.75, 3.05) is 0 Å². The highest BCUT2D eigenvalue weighted by molar-refractivity contribution is 5.61. The molecule has 0 fully saturated rings. The summed E-state index contributed by atoms with van der Waals surface area (Å²) in [4.78, 5) is 18.1. The Labute approximate surface area is 104 Å². The van der Waals surface area contributed by atoms with Gasteiger partial charge in [0.1, 0.15) is 11.6 Å². The summed E-state index contributed by atoms with van der Waals surface area (Å²) in [5, 5.41) is 19.2. The molecule has 1 aromatic carbocycles. The lowest BCUT2D eigenvalue weighted by atomic mass is 10.1. The standard InChI is InChI=1S/C13H14N2O3/c1-6-4-9(5-7(2)10(6)16)11-14-12(17)8(3)13(18)15-11/h4-5,16H,1-3H3,(H2,14,15,17,18). The van der Waals surface area contributed by atoms with Crippen LogP contribution in [0.1, 0.15) is 16.7 Å². The fourth-order valence-corrected chi connectivity index (χ4v) is 1.75. The van der Waals surface area contributed by atoms with E-state index in [1.54, 1.807) is 26.0 Å². The third-order valence-corrected chi connectivity index (χ3v) is 2.89. The number of aromatic hydroxyl groups is 2. The maximum absolute atomic E-state index is 11.6. The number of phenols is 1. The van der Waals surface area contributed by atoms with Gasteiger partial charge >= 0.3 is 0 Å². The second-order valence-corrected chi connectivity index (χ2v) is 4.32. The molecule has 1 heterocycles. The third-order valence-electron chi connectivity index (χ3n) is 2.89. The number of nitrogens with one attached hydrogen (secondary N) is 1. The molecular weight excluding hydrogens is 232 g/mol. The Bertz CT molecular complexity index is 651. The SMILES string of the molecule is Cc1cc(-c2nc(O)c(C)c(=O)[nH]2)cc(C)c1O. The van der Waals surface area contributed by atoms with Gasteiger partial charge in [0.25, 0.3) is 5.56 Å². The molecule has 3 N–H and O–H groups in total. The maximum Gasteiger partial charge on any atom is 0.257 e. The van der Waals surface area contributed by atoms with E-state index < -0.39 is 0 Å². The number of aryl methyl sites for hydroxylation is 2. The molecule has 18 heavy (non-hydrogen) atoms. The summed E-state index contributed by atoms with van der Waals surface area (Å²) in [6.07, 6.45) is 0. The van der Waals surface area contributed by atoms with Gasteiger partial charge in [-0.2, -0.15) is 4.98 Å². The minimum absolute atomic E-state index is 0.186. The van der Waals surface area contributed by atoms with Gasteiger partial charge in [0.05, 0.1) is 5.56 Å². The van der Waals surface area contributed by atoms with E-state index in [1.165, 1.54) is 6.92 Å². The Kier molecular flexibility index (Phi) is 2.82. The summed E-state index contributed by atoms with van der Waals surface area (Å²) in [5.74, 6) is 0.226. The van der Waals surface area contributed by atoms with Crippen molar-refractivity contribution in [3.63, 3.8) is 0 Å². The summed E-state index contributed by atoms with van der Waals surface area (Å²) in [5.41, 5.74) is 1.84. The van der Waals surface area contributed by atoms with E-state index in [-0.39, 0.29) is 28.6 Å². The first-order valence-electron chi connectivity index (χ1n) is 5.50. The van der Waals surface area contributed by atoms with Crippen LogP contribution in [-0.2, 0) is 0 Å². The molecule has 0 saturated heterocycles. The van der Waals surface area contributed by atoms with Crippen molar-refractivity contribution in [3.8, 4) is 23.0 Å². The molecule has 1 aromatic heterocycles. The number of nitrogens with zero attached hydrogens (tertiary/aromatic N) is 1. The quantitative estimate of drug-likeness (QED) is 0.715. The van der Waals surface area contributed by atoms with Gasteiger partial charge in [0.15, 0.2) is 0 Å². The van der Waals surface area contributed by atoms with Gasteiger partial charge in [-0.3, -0.25) is 4.79 Å². The molecular formula is C13H14N2O3. The van der Waals surface area contributed by atoms with Gasteiger partial charge in [0.2, 0.25) is 5.88 Å². The van der Waals surface area contributed by atoms with Gasteiger partial charge in [0, 0.05) is 5.56 Å². The number of aromatic nitrogens is 2. The summed E-state index contributed by atoms with van der Waals surface area (Å²) in [7, 11) is 0. The van der Waals surface area contributed by atoms with Crippen molar-refractivity contribution in [1.29, 1.82) is 0 Å². The lowest BCUT2D eigenvalue weighted by Crippen LogP contribution is -2.12. The van der Waals surface area contributed by atoms with Crippen LogP contribution in [0.4, 0.5) is 0 Å². The monoisotopic (exact) mass is 246 g/mol. The topological polar surface area (TPSA) is 86.2 Å². The maximum atomic E-state index is 11.6. The highest BCUT2D eigenvalue weighted by Crippen LogP contribution is 2.27. The van der Waals surface area contributed by atoms with Crippen molar-refractivity contribution < 1.29 is 10.2 Å². The predicted octanol–water partition coefficient (Wildman–Crippen LogP) is 1.77. The molecule has 0 aliphatic rings. The molecule has 0 aliphatic heterocycles. The van der Waals surface area contributed by atoms with Gasteiger partial charge in [-0.1, -0.05) is 0 Å². The Balaban J connectivity index is 2.66. The van der Waals surface area contributed by atoms with Crippen LogP contribution in [0.3, 0.4) is 0 Å². The summed E-state index contributed by atoms with van der Waals surface area (Å²) < 4.78 is 0. The van der Waals surface area contributed by atoms with Crippen LogP contribution < -0.4 is 5.56 Å². The molecule has 2 aromatic rings. The zero-order chi connectivity index (χ0) is 13.4. The lowest BCUT2D eigenvalue weighted by molar-refractivity contribution is 0.447. The smallest absolute Gasteiger partial charge is 0.257 e. The zero-order valence-corrected chi connectivity index (χ0v) is 10.4. The minimum Gasteiger partial charge on any atom is -0.507 e. The summed E-state index contributed by atoms with van der Waals surface area (Å²) in [6, 6.07) is 3.41. The molecule has 0 spiro atoms. The summed E-state index contributed by atoms with van der Waals surface area (Å²) >= 11 is 0. The van der Waals surface area contributed by atoms with Gasteiger partial charge in [-0.25, -0.2) is 0 Å². The lowest BCUT2D eigenvalue weighted by Gasteiger charge is -2.08. The van der Waals surface area contributed by atoms with Crippen molar-refractivity contribution in [1.82, 2.24) is 9.97 Å². The van der Waals surface area contributed by atoms with Crippen LogP contribution in [0.2, 0.25) is 0 Å². The van der Waals surface area contributed by atoms with Crippen molar-refractivity contribution in [2.45, 2.75) is 20.8 Å². The van der Waals surface area contributed by atoms with Crippen molar-refractivity contribution in [2.24, 2.45) is 0 Å². The molecule has 0 aliphatic carbocycles. The van der Waals surface area contributed by atoms with E-state index in [9.17, 15) is 15.0 Å². The molecule has 2 rings (SSSR count). The largest absolute Gasteiger partial charge is 0.507 e. The van der Waals surface area contributed by atoms with Crippen LogP contribution in [0, 0.1) is 20.8 Å². The van der Waals surface area contributed by atoms with Crippen molar-refractivity contribution in [3.05, 3.63) is 39.2 Å². The van der Waals surface area contributed by atoms with E-state index in [1.807, 2.05) is 0 Å². The number of phenolic OH excluding ortho intramolecular Hbond substituents is 1. The second-order valence-electron chi connectivity index (χ2n) is 4.32. The van der Waals surface area contributed by atoms with Crippen LogP contribution in [-0.4, -0.2) is 20.2 Å². The van der Waals surface area contributed by atoms with Crippen LogP contribution in [0.15, 0.2) is 16.9 Å². The first-order chi connectivity index (χ1) is 8.40. The van der Waals surface area contributed by atoms with E-state index in [0.29, 0.717) is 16.7 Å². The first kappa shape index (κ1) is 12.2. The minimum atomic E-state index is -0.374. The number of H-pyrrole nitrogens is 1. The van der Waals surface area contributed by atoms with E-state index in [0.717, 1.165) is 0 Å². The normalized spacial score (nSPS) is 10.6. The molecule has 0 unspecified atom stereocenters. The average Bonchev–Trinajstić information content (AvgIpc) is 2.31. The van der Waals surface area contributed by atoms with E-state index >= 15 is 0 Å². The molecule has 0 radical (unpaired) electrons. The molecule has 0 bridgehead atoms. The third kappa shape index (κ3) is 1.95. The van der Waals surface area contributed by atoms with Crippen LogP contribution in [0.25, 0.3) is 11.4 Å². The second kappa shape index (κ2) is 4.18. The molecule has 0 amide bonds. The number of hydrogen-bond donors (Lipinski definition) is 3. The van der Waals surface area contributed by atoms with E-state index in [2.05, 4.69) is 9.97 Å². The molecule has 0 saturated carbocycles. The number of rotatable bonds is 1. The number of benzene rings is 1. The summed E-state index contributed by atoms with van der Waals surface area (Å²) in [6.45, 7) is 5.02. The number of hydrogen-bond acceptors (Lipinski definition) is 4. The van der Waals surface area contributed by atoms with Crippen LogP contribution in [0.5, 0.6) is 11.6 Å². The fourth-order valence-electron chi connectivity index (χ4n) is 1.75. The molecule has 5 heteroatoms. The Morgan fingerprint density at radius 3 is 2.17 bits per heavy atom. The molecule has 0 atom stereocenters. The molecule has 5 nitrogen and oxygen atoms in total. The molecule has 94 valence electrons. The zero-order valence-electron chi connectivity index (χ0n) is 10.4. The first-order valence-corrected chi connectivity index (χ1v) is 5.50. The highest BCUT2D eigenvalue weighted by atomic mass is 16.3. The predicted molar refractivity (Wildman–Crippen MR) is 67.8 cm³/mol. The fraction of sp³-hybridized carbons (Fsp3) is 0.231. The van der Waals surface area contributed by atoms with Gasteiger partial charge < -0.3 is 15.2 Å². The Hall–Kier alpha value is -2.30. The Morgan fingerprint density at radius 2 is 1.67 bits per heavy atom. The highest BCUT2D eigenvalue weighted by Gasteiger charge is 2.10. The Morgan fingerprint density at radius 1 is 1.11 bits per heavy atom. The number of aromatic amines is 1. The van der Waals surface area contributed by atoms with Crippen LogP contribution >= 0.6 is 0 Å².